The van der Waals surface area contributed by atoms with Crippen LogP contribution < -0.4 is 5.56 Å². The molecule has 134 valence electrons. The second-order valence-electron chi connectivity index (χ2n) is 7.05. The summed E-state index contributed by atoms with van der Waals surface area (Å²) in [6, 6.07) is 8.43. The number of halogens is 2. The van der Waals surface area contributed by atoms with Gasteiger partial charge in [-0.25, -0.2) is 23.7 Å². The molecule has 27 heavy (non-hydrogen) atoms. The highest BCUT2D eigenvalue weighted by Crippen LogP contribution is 2.67. The first-order chi connectivity index (χ1) is 13.0. The fourth-order valence-corrected chi connectivity index (χ4v) is 4.17. The van der Waals surface area contributed by atoms with Gasteiger partial charge in [0.1, 0.15) is 17.6 Å². The summed E-state index contributed by atoms with van der Waals surface area (Å²) in [5.74, 6) is -3.62. The highest BCUT2D eigenvalue weighted by molar-refractivity contribution is 5.73. The topological polar surface area (TPSA) is 84.5 Å². The fourth-order valence-electron chi connectivity index (χ4n) is 4.17. The van der Waals surface area contributed by atoms with Crippen molar-refractivity contribution in [3.8, 4) is 11.8 Å². The Morgan fingerprint density at radius 3 is 2.63 bits per heavy atom. The van der Waals surface area contributed by atoms with Crippen molar-refractivity contribution in [1.29, 1.82) is 5.26 Å². The van der Waals surface area contributed by atoms with Crippen LogP contribution in [0.2, 0.25) is 0 Å². The summed E-state index contributed by atoms with van der Waals surface area (Å²) >= 11 is 0. The molecule has 0 amide bonds. The number of aromatic nitrogens is 4. The first-order valence-corrected chi connectivity index (χ1v) is 8.62. The molecule has 8 heteroatoms. The molecule has 0 spiro atoms. The lowest BCUT2D eigenvalue weighted by Crippen LogP contribution is -2.27. The summed E-state index contributed by atoms with van der Waals surface area (Å²) in [5.41, 5.74) is 0.958. The normalized spacial score (nSPS) is 25.1. The van der Waals surface area contributed by atoms with Gasteiger partial charge < -0.3 is 0 Å². The number of hydrogen-bond acceptors (Lipinski definition) is 5. The van der Waals surface area contributed by atoms with Crippen molar-refractivity contribution in [2.75, 3.05) is 0 Å². The second-order valence-corrected chi connectivity index (χ2v) is 7.05. The quantitative estimate of drug-likeness (QED) is 0.697. The number of nitriles is 1. The van der Waals surface area contributed by atoms with Gasteiger partial charge in [-0.05, 0) is 37.1 Å². The van der Waals surface area contributed by atoms with Crippen LogP contribution in [-0.2, 0) is 0 Å². The minimum atomic E-state index is -2.59. The smallest absolute Gasteiger partial charge is 0.266 e. The summed E-state index contributed by atoms with van der Waals surface area (Å²) in [4.78, 5) is 25.8. The molecule has 0 N–H and O–H groups in total. The minimum absolute atomic E-state index is 0.207. The minimum Gasteiger partial charge on any atom is -0.266 e. The van der Waals surface area contributed by atoms with Crippen LogP contribution in [0.5, 0.6) is 0 Å². The van der Waals surface area contributed by atoms with Gasteiger partial charge >= 0.3 is 0 Å². The van der Waals surface area contributed by atoms with E-state index in [1.165, 1.54) is 23.0 Å². The number of hydrogen-bond donors (Lipinski definition) is 0. The second kappa shape index (κ2) is 5.39. The van der Waals surface area contributed by atoms with Crippen molar-refractivity contribution < 1.29 is 8.78 Å². The molecule has 3 aromatic heterocycles. The van der Waals surface area contributed by atoms with Crippen LogP contribution in [0.25, 0.3) is 16.7 Å². The van der Waals surface area contributed by atoms with Crippen LogP contribution in [0, 0.1) is 23.2 Å². The lowest BCUT2D eigenvalue weighted by atomic mass is 10.0. The molecule has 3 atom stereocenters. The molecule has 0 aliphatic heterocycles. The lowest BCUT2D eigenvalue weighted by Gasteiger charge is -2.19. The third-order valence-corrected chi connectivity index (χ3v) is 5.58. The van der Waals surface area contributed by atoms with E-state index in [4.69, 9.17) is 5.26 Å². The summed E-state index contributed by atoms with van der Waals surface area (Å²) in [6.45, 7) is 0. The molecule has 0 aromatic carbocycles. The fraction of sp³-hybridized carbons (Fsp3) is 0.316. The van der Waals surface area contributed by atoms with Gasteiger partial charge in [-0.2, -0.15) is 5.26 Å². The maximum atomic E-state index is 13.6. The monoisotopic (exact) mass is 365 g/mol. The number of nitrogens with zero attached hydrogens (tertiary/aromatic N) is 5. The van der Waals surface area contributed by atoms with Crippen LogP contribution in [0.3, 0.4) is 0 Å². The zero-order chi connectivity index (χ0) is 18.8. The lowest BCUT2D eigenvalue weighted by molar-refractivity contribution is 0.0689. The molecule has 2 fully saturated rings. The molecule has 0 bridgehead atoms. The molecule has 2 saturated carbocycles. The van der Waals surface area contributed by atoms with Gasteiger partial charge in [-0.1, -0.05) is 0 Å². The molecule has 3 heterocycles. The van der Waals surface area contributed by atoms with E-state index in [0.29, 0.717) is 29.9 Å². The SMILES string of the molecule is N#Cc1ccc(-n2c(C3C[C@@H]4[C@H](C3)C4(F)F)nc3cccnc3c2=O)cn1. The number of alkyl halides is 2. The van der Waals surface area contributed by atoms with E-state index in [-0.39, 0.29) is 22.7 Å². The molecule has 1 unspecified atom stereocenters. The van der Waals surface area contributed by atoms with Crippen LogP contribution in [0.15, 0.2) is 41.5 Å². The molecule has 2 aliphatic carbocycles. The Balaban J connectivity index is 1.69. The first-order valence-electron chi connectivity index (χ1n) is 8.62. The van der Waals surface area contributed by atoms with Crippen molar-refractivity contribution in [1.82, 2.24) is 19.5 Å². The zero-order valence-electron chi connectivity index (χ0n) is 14.0. The summed E-state index contributed by atoms with van der Waals surface area (Å²) in [6.07, 6.45) is 3.54. The summed E-state index contributed by atoms with van der Waals surface area (Å²) in [5, 5.41) is 8.93. The van der Waals surface area contributed by atoms with E-state index < -0.39 is 17.8 Å². The highest BCUT2D eigenvalue weighted by atomic mass is 19.3. The summed E-state index contributed by atoms with van der Waals surface area (Å²) < 4.78 is 28.7. The average molecular weight is 365 g/mol. The highest BCUT2D eigenvalue weighted by Gasteiger charge is 2.71. The number of pyridine rings is 2. The van der Waals surface area contributed by atoms with E-state index in [0.717, 1.165) is 0 Å². The maximum Gasteiger partial charge on any atom is 0.284 e. The standard InChI is InChI=1S/C19H13F2N5O/c20-19(21)13-6-10(7-14(13)19)17-25-15-2-1-5-23-16(15)18(27)26(17)12-4-3-11(8-22)24-9-12/h1-5,9-10,13-14H,6-7H2/t10?,13-,14+. The van der Waals surface area contributed by atoms with Crippen LogP contribution in [0.4, 0.5) is 8.78 Å². The van der Waals surface area contributed by atoms with E-state index >= 15 is 0 Å². The zero-order valence-corrected chi connectivity index (χ0v) is 14.0. The van der Waals surface area contributed by atoms with E-state index in [1.54, 1.807) is 18.2 Å². The predicted octanol–water partition coefficient (Wildman–Crippen LogP) is 2.81. The molecular formula is C19H13F2N5O. The van der Waals surface area contributed by atoms with Gasteiger partial charge in [-0.15, -0.1) is 0 Å². The van der Waals surface area contributed by atoms with Gasteiger partial charge in [0, 0.05) is 24.0 Å². The van der Waals surface area contributed by atoms with Crippen LogP contribution in [-0.4, -0.2) is 25.4 Å². The van der Waals surface area contributed by atoms with Gasteiger partial charge in [0.25, 0.3) is 11.5 Å². The largest absolute Gasteiger partial charge is 0.284 e. The Morgan fingerprint density at radius 1 is 1.19 bits per heavy atom. The van der Waals surface area contributed by atoms with Gasteiger partial charge in [0.2, 0.25) is 0 Å². The van der Waals surface area contributed by atoms with Crippen LogP contribution >= 0.6 is 0 Å². The Labute approximate surface area is 152 Å². The maximum absolute atomic E-state index is 13.6. The third-order valence-electron chi connectivity index (χ3n) is 5.58. The van der Waals surface area contributed by atoms with Crippen molar-refractivity contribution in [2.45, 2.75) is 24.7 Å². The van der Waals surface area contributed by atoms with Gasteiger partial charge in [0.05, 0.1) is 17.4 Å². The molecule has 0 saturated heterocycles. The summed E-state index contributed by atoms with van der Waals surface area (Å²) in [7, 11) is 0. The Kier molecular flexibility index (Phi) is 3.20. The van der Waals surface area contributed by atoms with Crippen LogP contribution in [0.1, 0.15) is 30.3 Å². The van der Waals surface area contributed by atoms with Gasteiger partial charge in [-0.3, -0.25) is 9.36 Å². The van der Waals surface area contributed by atoms with Gasteiger partial charge in [0.15, 0.2) is 5.52 Å². The molecule has 2 aliphatic rings. The van der Waals surface area contributed by atoms with E-state index in [9.17, 15) is 13.6 Å². The molecule has 5 rings (SSSR count). The molecular weight excluding hydrogens is 352 g/mol. The van der Waals surface area contributed by atoms with Crippen molar-refractivity contribution in [3.05, 3.63) is 58.5 Å². The van der Waals surface area contributed by atoms with E-state index in [2.05, 4.69) is 15.0 Å². The molecule has 6 nitrogen and oxygen atoms in total. The number of fused-ring (bicyclic) bond motifs is 2. The average Bonchev–Trinajstić information content (AvgIpc) is 3.01. The van der Waals surface area contributed by atoms with Crippen molar-refractivity contribution in [3.63, 3.8) is 0 Å². The Bertz CT molecular complexity index is 1150. The molecule has 3 aromatic rings. The molecule has 0 radical (unpaired) electrons. The van der Waals surface area contributed by atoms with E-state index in [1.807, 2.05) is 6.07 Å². The third kappa shape index (κ3) is 2.28. The first kappa shape index (κ1) is 16.0. The van der Waals surface area contributed by atoms with Crippen molar-refractivity contribution >= 4 is 11.0 Å². The van der Waals surface area contributed by atoms with Crippen molar-refractivity contribution in [2.24, 2.45) is 11.8 Å². The number of rotatable bonds is 2. The predicted molar refractivity (Wildman–Crippen MR) is 91.5 cm³/mol. The Morgan fingerprint density at radius 2 is 1.96 bits per heavy atom. The Hall–Kier alpha value is -3.21.